The van der Waals surface area contributed by atoms with Crippen LogP contribution in [0.2, 0.25) is 0 Å². The lowest BCUT2D eigenvalue weighted by molar-refractivity contribution is 0.407. The molecule has 0 saturated heterocycles. The second-order valence-electron chi connectivity index (χ2n) is 5.63. The van der Waals surface area contributed by atoms with Crippen LogP contribution in [0, 0.1) is 22.7 Å². The highest BCUT2D eigenvalue weighted by molar-refractivity contribution is 4.91. The van der Waals surface area contributed by atoms with Gasteiger partial charge in [0.05, 0.1) is 11.5 Å². The lowest BCUT2D eigenvalue weighted by atomic mass is 9.90. The normalized spacial score (nSPS) is 18.5. The van der Waals surface area contributed by atoms with Crippen LogP contribution in [-0.2, 0) is 0 Å². The van der Waals surface area contributed by atoms with Crippen LogP contribution in [-0.4, -0.2) is 12.6 Å². The Bertz CT molecular complexity index is 223. The number of hydrogen-bond donors (Lipinski definition) is 1. The minimum absolute atomic E-state index is 0.151. The van der Waals surface area contributed by atoms with E-state index in [1.165, 1.54) is 19.3 Å². The van der Waals surface area contributed by atoms with E-state index < -0.39 is 0 Å². The molecule has 1 saturated carbocycles. The summed E-state index contributed by atoms with van der Waals surface area (Å²) >= 11 is 0. The molecule has 0 spiro atoms. The third-order valence-electron chi connectivity index (χ3n) is 3.16. The molecule has 1 rings (SSSR count). The highest BCUT2D eigenvalue weighted by Gasteiger charge is 2.23. The van der Waals surface area contributed by atoms with Crippen LogP contribution >= 0.6 is 0 Å². The van der Waals surface area contributed by atoms with Crippen molar-refractivity contribution in [3.05, 3.63) is 0 Å². The number of rotatable bonds is 7. The third kappa shape index (κ3) is 5.79. The standard InChI is InChI=1S/C13H24N2/c1-11(9-12-5-6-12)15-8-4-7-13(2,3)10-14/h11-12,15H,4-9H2,1-3H3. The van der Waals surface area contributed by atoms with Gasteiger partial charge in [0.1, 0.15) is 0 Å². The van der Waals surface area contributed by atoms with E-state index in [4.69, 9.17) is 5.26 Å². The van der Waals surface area contributed by atoms with Gasteiger partial charge < -0.3 is 5.32 Å². The predicted octanol–water partition coefficient (Wildman–Crippen LogP) is 3.09. The average Bonchev–Trinajstić information content (AvgIpc) is 2.96. The molecule has 0 amide bonds. The van der Waals surface area contributed by atoms with Gasteiger partial charge >= 0.3 is 0 Å². The smallest absolute Gasteiger partial charge is 0.0683 e. The van der Waals surface area contributed by atoms with Gasteiger partial charge in [0, 0.05) is 6.04 Å². The topological polar surface area (TPSA) is 35.8 Å². The summed E-state index contributed by atoms with van der Waals surface area (Å²) < 4.78 is 0. The van der Waals surface area contributed by atoms with Crippen LogP contribution in [0.5, 0.6) is 0 Å². The van der Waals surface area contributed by atoms with Gasteiger partial charge in [-0.25, -0.2) is 0 Å². The quantitative estimate of drug-likeness (QED) is 0.653. The fourth-order valence-corrected chi connectivity index (χ4v) is 1.87. The Hall–Kier alpha value is -0.550. The molecule has 0 heterocycles. The third-order valence-corrected chi connectivity index (χ3v) is 3.16. The van der Waals surface area contributed by atoms with Crippen LogP contribution in [0.3, 0.4) is 0 Å². The maximum Gasteiger partial charge on any atom is 0.0683 e. The molecular weight excluding hydrogens is 184 g/mol. The first kappa shape index (κ1) is 12.5. The van der Waals surface area contributed by atoms with Crippen molar-refractivity contribution in [2.24, 2.45) is 11.3 Å². The molecule has 0 bridgehead atoms. The highest BCUT2D eigenvalue weighted by atomic mass is 14.9. The van der Waals surface area contributed by atoms with Crippen LogP contribution in [0.4, 0.5) is 0 Å². The number of nitrogens with zero attached hydrogens (tertiary/aromatic N) is 1. The van der Waals surface area contributed by atoms with Gasteiger partial charge in [-0.05, 0) is 52.5 Å². The summed E-state index contributed by atoms with van der Waals surface area (Å²) in [6.45, 7) is 7.36. The lowest BCUT2D eigenvalue weighted by Crippen LogP contribution is -2.28. The molecule has 2 nitrogen and oxygen atoms in total. The van der Waals surface area contributed by atoms with Gasteiger partial charge in [-0.1, -0.05) is 12.8 Å². The van der Waals surface area contributed by atoms with Crippen molar-refractivity contribution in [3.8, 4) is 6.07 Å². The summed E-state index contributed by atoms with van der Waals surface area (Å²) in [4.78, 5) is 0. The van der Waals surface area contributed by atoms with Gasteiger partial charge in [0.2, 0.25) is 0 Å². The fraction of sp³-hybridized carbons (Fsp3) is 0.923. The fourth-order valence-electron chi connectivity index (χ4n) is 1.87. The summed E-state index contributed by atoms with van der Waals surface area (Å²) in [6, 6.07) is 3.00. The maximum atomic E-state index is 8.86. The maximum absolute atomic E-state index is 8.86. The molecule has 0 radical (unpaired) electrons. The monoisotopic (exact) mass is 208 g/mol. The van der Waals surface area contributed by atoms with E-state index >= 15 is 0 Å². The van der Waals surface area contributed by atoms with Crippen LogP contribution in [0.15, 0.2) is 0 Å². The Labute approximate surface area is 94.1 Å². The van der Waals surface area contributed by atoms with Gasteiger partial charge in [-0.2, -0.15) is 5.26 Å². The van der Waals surface area contributed by atoms with E-state index in [0.29, 0.717) is 6.04 Å². The van der Waals surface area contributed by atoms with Crippen molar-refractivity contribution in [3.63, 3.8) is 0 Å². The Balaban J connectivity index is 1.98. The molecule has 0 aromatic heterocycles. The molecule has 1 unspecified atom stereocenters. The molecule has 1 atom stereocenters. The molecule has 1 fully saturated rings. The molecule has 1 aliphatic rings. The van der Waals surface area contributed by atoms with E-state index in [0.717, 1.165) is 25.3 Å². The molecule has 1 aliphatic carbocycles. The second kappa shape index (κ2) is 5.51. The minimum atomic E-state index is -0.151. The summed E-state index contributed by atoms with van der Waals surface area (Å²) in [7, 11) is 0. The largest absolute Gasteiger partial charge is 0.314 e. The number of nitriles is 1. The molecule has 1 N–H and O–H groups in total. The first-order chi connectivity index (χ1) is 7.03. The van der Waals surface area contributed by atoms with E-state index in [1.807, 2.05) is 13.8 Å². The molecular formula is C13H24N2. The molecule has 15 heavy (non-hydrogen) atoms. The molecule has 0 aromatic rings. The summed E-state index contributed by atoms with van der Waals surface area (Å²) in [5.41, 5.74) is -0.151. The zero-order valence-corrected chi connectivity index (χ0v) is 10.3. The average molecular weight is 208 g/mol. The van der Waals surface area contributed by atoms with Crippen LogP contribution in [0.25, 0.3) is 0 Å². The van der Waals surface area contributed by atoms with Crippen molar-refractivity contribution in [2.75, 3.05) is 6.54 Å². The van der Waals surface area contributed by atoms with Crippen molar-refractivity contribution in [1.29, 1.82) is 5.26 Å². The SMILES string of the molecule is CC(CC1CC1)NCCCC(C)(C)C#N. The van der Waals surface area contributed by atoms with Gasteiger partial charge in [-0.3, -0.25) is 0 Å². The molecule has 0 aliphatic heterocycles. The van der Waals surface area contributed by atoms with Crippen molar-refractivity contribution >= 4 is 0 Å². The Morgan fingerprint density at radius 1 is 1.47 bits per heavy atom. The highest BCUT2D eigenvalue weighted by Crippen LogP contribution is 2.33. The van der Waals surface area contributed by atoms with Gasteiger partial charge in [0.25, 0.3) is 0 Å². The lowest BCUT2D eigenvalue weighted by Gasteiger charge is -2.17. The zero-order chi connectivity index (χ0) is 11.3. The van der Waals surface area contributed by atoms with Gasteiger partial charge in [0.15, 0.2) is 0 Å². The summed E-state index contributed by atoms with van der Waals surface area (Å²) in [5.74, 6) is 1.00. The zero-order valence-electron chi connectivity index (χ0n) is 10.3. The Morgan fingerprint density at radius 3 is 2.67 bits per heavy atom. The van der Waals surface area contributed by atoms with Gasteiger partial charge in [-0.15, -0.1) is 0 Å². The minimum Gasteiger partial charge on any atom is -0.314 e. The molecule has 86 valence electrons. The van der Waals surface area contributed by atoms with Crippen LogP contribution in [0.1, 0.15) is 52.9 Å². The van der Waals surface area contributed by atoms with E-state index in [-0.39, 0.29) is 5.41 Å². The Morgan fingerprint density at radius 2 is 2.13 bits per heavy atom. The van der Waals surface area contributed by atoms with E-state index in [1.54, 1.807) is 0 Å². The Kier molecular flexibility index (Phi) is 4.60. The summed E-state index contributed by atoms with van der Waals surface area (Å²) in [6.07, 6.45) is 6.31. The van der Waals surface area contributed by atoms with E-state index in [9.17, 15) is 0 Å². The van der Waals surface area contributed by atoms with Crippen molar-refractivity contribution in [1.82, 2.24) is 5.32 Å². The van der Waals surface area contributed by atoms with Crippen molar-refractivity contribution < 1.29 is 0 Å². The predicted molar refractivity (Wildman–Crippen MR) is 63.4 cm³/mol. The summed E-state index contributed by atoms with van der Waals surface area (Å²) in [5, 5.41) is 12.4. The molecule has 0 aromatic carbocycles. The molecule has 2 heteroatoms. The number of nitrogens with one attached hydrogen (secondary N) is 1. The first-order valence-electron chi connectivity index (χ1n) is 6.18. The first-order valence-corrected chi connectivity index (χ1v) is 6.18. The van der Waals surface area contributed by atoms with Crippen LogP contribution < -0.4 is 5.32 Å². The second-order valence-corrected chi connectivity index (χ2v) is 5.63. The van der Waals surface area contributed by atoms with E-state index in [2.05, 4.69) is 18.3 Å². The van der Waals surface area contributed by atoms with Crippen molar-refractivity contribution in [2.45, 2.75) is 58.9 Å². The number of hydrogen-bond acceptors (Lipinski definition) is 2.